The maximum atomic E-state index is 9.83. The van der Waals surface area contributed by atoms with Crippen LogP contribution in [0.25, 0.3) is 0 Å². The Morgan fingerprint density at radius 2 is 2.13 bits per heavy atom. The van der Waals surface area contributed by atoms with Crippen LogP contribution in [-0.2, 0) is 12.8 Å². The van der Waals surface area contributed by atoms with Crippen LogP contribution in [0, 0.1) is 11.3 Å². The van der Waals surface area contributed by atoms with E-state index in [1.54, 1.807) is 0 Å². The van der Waals surface area contributed by atoms with Crippen LogP contribution in [0.5, 0.6) is 0 Å². The highest BCUT2D eigenvalue weighted by Crippen LogP contribution is 2.26. The van der Waals surface area contributed by atoms with Gasteiger partial charge in [0.15, 0.2) is 0 Å². The summed E-state index contributed by atoms with van der Waals surface area (Å²) in [6.07, 6.45) is 4.01. The summed E-state index contributed by atoms with van der Waals surface area (Å²) in [4.78, 5) is 0. The molecule has 1 aliphatic rings. The maximum Gasteiger partial charge on any atom is 0.0800 e. The van der Waals surface area contributed by atoms with E-state index in [1.807, 2.05) is 6.07 Å². The first-order valence-corrected chi connectivity index (χ1v) is 5.48. The average Bonchev–Trinajstić information content (AvgIpc) is 2.72. The summed E-state index contributed by atoms with van der Waals surface area (Å²) < 4.78 is 0. The molecule has 1 unspecified atom stereocenters. The third kappa shape index (κ3) is 2.19. The molecular weight excluding hydrogens is 186 g/mol. The number of hydrogen-bond acceptors (Lipinski definition) is 2. The molecule has 0 amide bonds. The number of fused-ring (bicyclic) bond motifs is 1. The lowest BCUT2D eigenvalue weighted by molar-refractivity contribution is 0.169. The molecule has 2 nitrogen and oxygen atoms in total. The zero-order valence-corrected chi connectivity index (χ0v) is 8.74. The third-order valence-corrected chi connectivity index (χ3v) is 3.04. The fourth-order valence-corrected chi connectivity index (χ4v) is 2.17. The van der Waals surface area contributed by atoms with Crippen molar-refractivity contribution in [2.75, 3.05) is 0 Å². The van der Waals surface area contributed by atoms with Crippen LogP contribution in [0.4, 0.5) is 0 Å². The Bertz CT molecular complexity index is 392. The molecule has 1 atom stereocenters. The van der Waals surface area contributed by atoms with Crippen LogP contribution in [0.2, 0.25) is 0 Å². The van der Waals surface area contributed by atoms with Gasteiger partial charge in [0.05, 0.1) is 12.2 Å². The Morgan fingerprint density at radius 3 is 2.93 bits per heavy atom. The molecule has 1 N–H and O–H groups in total. The highest BCUT2D eigenvalue weighted by molar-refractivity contribution is 5.36. The fourth-order valence-electron chi connectivity index (χ4n) is 2.17. The summed E-state index contributed by atoms with van der Waals surface area (Å²) in [5.74, 6) is 0. The van der Waals surface area contributed by atoms with Gasteiger partial charge in [-0.2, -0.15) is 5.26 Å². The molecule has 0 spiro atoms. The van der Waals surface area contributed by atoms with Crippen LogP contribution in [-0.4, -0.2) is 5.11 Å². The second kappa shape index (κ2) is 4.46. The van der Waals surface area contributed by atoms with E-state index in [-0.39, 0.29) is 0 Å². The normalized spacial score (nSPS) is 15.7. The predicted octanol–water partition coefficient (Wildman–Crippen LogP) is 2.51. The number of hydrogen-bond donors (Lipinski definition) is 1. The molecule has 2 heteroatoms. The lowest BCUT2D eigenvalue weighted by Gasteiger charge is -2.10. The van der Waals surface area contributed by atoms with Gasteiger partial charge in [0.1, 0.15) is 0 Å². The average molecular weight is 201 g/mol. The standard InChI is InChI=1S/C13H15NO/c14-8-2-5-13(15)12-7-6-10-3-1-4-11(10)9-12/h6-7,9,13,15H,1-5H2. The van der Waals surface area contributed by atoms with Crippen molar-refractivity contribution in [3.63, 3.8) is 0 Å². The topological polar surface area (TPSA) is 44.0 Å². The molecule has 1 aromatic carbocycles. The minimum absolute atomic E-state index is 0.415. The van der Waals surface area contributed by atoms with Gasteiger partial charge in [-0.1, -0.05) is 18.2 Å². The van der Waals surface area contributed by atoms with Gasteiger partial charge in [0.25, 0.3) is 0 Å². The number of aliphatic hydroxyl groups is 1. The Hall–Kier alpha value is -1.33. The van der Waals surface area contributed by atoms with Crippen LogP contribution >= 0.6 is 0 Å². The molecule has 0 saturated heterocycles. The van der Waals surface area contributed by atoms with E-state index in [9.17, 15) is 5.11 Å². The first-order chi connectivity index (χ1) is 7.31. The number of aliphatic hydroxyl groups excluding tert-OH is 1. The molecule has 78 valence electrons. The molecule has 2 rings (SSSR count). The van der Waals surface area contributed by atoms with E-state index in [0.717, 1.165) is 12.0 Å². The van der Waals surface area contributed by atoms with Gasteiger partial charge in [-0.05, 0) is 42.4 Å². The van der Waals surface area contributed by atoms with Crippen molar-refractivity contribution in [3.8, 4) is 6.07 Å². The first-order valence-electron chi connectivity index (χ1n) is 5.48. The third-order valence-electron chi connectivity index (χ3n) is 3.04. The lowest BCUT2D eigenvalue weighted by Crippen LogP contribution is -1.98. The second-order valence-electron chi connectivity index (χ2n) is 4.09. The number of rotatable bonds is 3. The summed E-state index contributed by atoms with van der Waals surface area (Å²) in [6.45, 7) is 0. The monoisotopic (exact) mass is 201 g/mol. The molecule has 1 aliphatic carbocycles. The Kier molecular flexibility index (Phi) is 3.03. The van der Waals surface area contributed by atoms with Crippen molar-refractivity contribution in [1.82, 2.24) is 0 Å². The van der Waals surface area contributed by atoms with Crippen molar-refractivity contribution in [2.24, 2.45) is 0 Å². The smallest absolute Gasteiger partial charge is 0.0800 e. The highest BCUT2D eigenvalue weighted by atomic mass is 16.3. The first kappa shape index (κ1) is 10.2. The summed E-state index contributed by atoms with van der Waals surface area (Å²) in [5, 5.41) is 18.3. The molecular formula is C13H15NO. The van der Waals surface area contributed by atoms with Crippen molar-refractivity contribution in [3.05, 3.63) is 34.9 Å². The predicted molar refractivity (Wildman–Crippen MR) is 58.3 cm³/mol. The van der Waals surface area contributed by atoms with Gasteiger partial charge in [0, 0.05) is 6.42 Å². The molecule has 1 aromatic rings. The van der Waals surface area contributed by atoms with E-state index in [2.05, 4.69) is 18.2 Å². The molecule has 0 heterocycles. The number of nitriles is 1. The summed E-state index contributed by atoms with van der Waals surface area (Å²) in [7, 11) is 0. The van der Waals surface area contributed by atoms with E-state index in [0.29, 0.717) is 12.8 Å². The van der Waals surface area contributed by atoms with Crippen LogP contribution < -0.4 is 0 Å². The van der Waals surface area contributed by atoms with Crippen LogP contribution in [0.3, 0.4) is 0 Å². The van der Waals surface area contributed by atoms with Crippen molar-refractivity contribution < 1.29 is 5.11 Å². The van der Waals surface area contributed by atoms with E-state index in [1.165, 1.54) is 24.0 Å². The Morgan fingerprint density at radius 1 is 1.33 bits per heavy atom. The molecule has 0 bridgehead atoms. The zero-order valence-electron chi connectivity index (χ0n) is 8.74. The zero-order chi connectivity index (χ0) is 10.7. The van der Waals surface area contributed by atoms with Gasteiger partial charge < -0.3 is 5.11 Å². The van der Waals surface area contributed by atoms with E-state index < -0.39 is 6.10 Å². The van der Waals surface area contributed by atoms with Gasteiger partial charge in [-0.15, -0.1) is 0 Å². The fraction of sp³-hybridized carbons (Fsp3) is 0.462. The van der Waals surface area contributed by atoms with Gasteiger partial charge in [0.2, 0.25) is 0 Å². The molecule has 0 fully saturated rings. The Labute approximate surface area is 90.2 Å². The molecule has 0 saturated carbocycles. The summed E-state index contributed by atoms with van der Waals surface area (Å²) in [5.41, 5.74) is 3.76. The number of nitrogens with zero attached hydrogens (tertiary/aromatic N) is 1. The van der Waals surface area contributed by atoms with Crippen LogP contribution in [0.15, 0.2) is 18.2 Å². The Balaban J connectivity index is 2.12. The highest BCUT2D eigenvalue weighted by Gasteiger charge is 2.13. The largest absolute Gasteiger partial charge is 0.388 e. The van der Waals surface area contributed by atoms with E-state index in [4.69, 9.17) is 5.26 Å². The van der Waals surface area contributed by atoms with Gasteiger partial charge in [-0.25, -0.2) is 0 Å². The van der Waals surface area contributed by atoms with Crippen molar-refractivity contribution in [2.45, 2.75) is 38.2 Å². The summed E-state index contributed by atoms with van der Waals surface area (Å²) in [6, 6.07) is 8.27. The molecule has 0 radical (unpaired) electrons. The lowest BCUT2D eigenvalue weighted by atomic mass is 10.0. The van der Waals surface area contributed by atoms with Gasteiger partial charge >= 0.3 is 0 Å². The molecule has 0 aromatic heterocycles. The van der Waals surface area contributed by atoms with Crippen molar-refractivity contribution in [1.29, 1.82) is 5.26 Å². The van der Waals surface area contributed by atoms with Crippen molar-refractivity contribution >= 4 is 0 Å². The van der Waals surface area contributed by atoms with E-state index >= 15 is 0 Å². The van der Waals surface area contributed by atoms with Crippen LogP contribution in [0.1, 0.15) is 42.1 Å². The number of aryl methyl sites for hydroxylation is 2. The quantitative estimate of drug-likeness (QED) is 0.816. The molecule has 0 aliphatic heterocycles. The summed E-state index contributed by atoms with van der Waals surface area (Å²) >= 11 is 0. The maximum absolute atomic E-state index is 9.83. The minimum atomic E-state index is -0.476. The molecule has 15 heavy (non-hydrogen) atoms. The SMILES string of the molecule is N#CCCC(O)c1ccc2c(c1)CCC2. The minimum Gasteiger partial charge on any atom is -0.388 e. The number of benzene rings is 1. The second-order valence-corrected chi connectivity index (χ2v) is 4.09. The van der Waals surface area contributed by atoms with Gasteiger partial charge in [-0.3, -0.25) is 0 Å².